The van der Waals surface area contributed by atoms with Gasteiger partial charge in [0.15, 0.2) is 0 Å². The van der Waals surface area contributed by atoms with Crippen molar-refractivity contribution < 1.29 is 14.6 Å². The Hall–Kier alpha value is -1.73. The van der Waals surface area contributed by atoms with Crippen molar-refractivity contribution in [3.8, 4) is 0 Å². The zero-order chi connectivity index (χ0) is 21.2. The normalized spacial score (nSPS) is 19.2. The molecule has 3 rings (SSSR count). The molecule has 0 amide bonds. The number of aryl methyl sites for hydroxylation is 1. The summed E-state index contributed by atoms with van der Waals surface area (Å²) in [4.78, 5) is 23.0. The molecule has 7 heteroatoms. The number of hydrogen-bond acceptors (Lipinski definition) is 7. The predicted molar refractivity (Wildman–Crippen MR) is 118 cm³/mol. The average molecular weight is 420 g/mol. The minimum absolute atomic E-state index is 0.00588. The van der Waals surface area contributed by atoms with E-state index < -0.39 is 12.1 Å². The largest absolute Gasteiger partial charge is 0.463 e. The van der Waals surface area contributed by atoms with Gasteiger partial charge in [-0.05, 0) is 30.6 Å². The highest BCUT2D eigenvalue weighted by Gasteiger charge is 2.39. The van der Waals surface area contributed by atoms with Crippen LogP contribution in [0, 0.1) is 11.3 Å². The molecule has 2 aromatic heterocycles. The summed E-state index contributed by atoms with van der Waals surface area (Å²) in [6.45, 7) is 9.50. The molecule has 6 nitrogen and oxygen atoms in total. The Balaban J connectivity index is 2.03. The summed E-state index contributed by atoms with van der Waals surface area (Å²) in [6.07, 6.45) is 5.88. The van der Waals surface area contributed by atoms with Gasteiger partial charge >= 0.3 is 5.97 Å². The molecule has 0 aliphatic heterocycles. The Bertz CT molecular complexity index is 872. The van der Waals surface area contributed by atoms with Gasteiger partial charge in [-0.3, -0.25) is 0 Å². The zero-order valence-corrected chi connectivity index (χ0v) is 19.0. The standard InChI is InChI=1S/C22H33N3O3S/c1-6-7-8-9-12-23-18-16-15-14(11-10-13(17(15)26)22(2,3)4)29-20(16)25-19(24-18)21(27)28-5/h13,17,26H,6-12H2,1-5H3,(H,23,24,25). The molecule has 2 unspecified atom stereocenters. The molecule has 0 spiro atoms. The molecule has 0 saturated heterocycles. The van der Waals surface area contributed by atoms with E-state index in [2.05, 4.69) is 43.0 Å². The number of nitrogens with zero attached hydrogens (tertiary/aromatic N) is 2. The molecule has 1 aliphatic rings. The number of thiophene rings is 1. The van der Waals surface area contributed by atoms with Gasteiger partial charge in [-0.15, -0.1) is 11.3 Å². The molecule has 0 aromatic carbocycles. The molecule has 2 atom stereocenters. The van der Waals surface area contributed by atoms with Crippen LogP contribution in [0.5, 0.6) is 0 Å². The third-order valence-corrected chi connectivity index (χ3v) is 6.99. The van der Waals surface area contributed by atoms with Crippen LogP contribution >= 0.6 is 11.3 Å². The lowest BCUT2D eigenvalue weighted by molar-refractivity contribution is 0.0301. The summed E-state index contributed by atoms with van der Waals surface area (Å²) in [5.74, 6) is 0.334. The van der Waals surface area contributed by atoms with Crippen LogP contribution in [0.15, 0.2) is 0 Å². The topological polar surface area (TPSA) is 84.3 Å². The number of carbonyl (C=O) groups is 1. The summed E-state index contributed by atoms with van der Waals surface area (Å²) in [7, 11) is 1.34. The van der Waals surface area contributed by atoms with Gasteiger partial charge in [0.1, 0.15) is 10.6 Å². The predicted octanol–water partition coefficient (Wildman–Crippen LogP) is 5.11. The van der Waals surface area contributed by atoms with Gasteiger partial charge < -0.3 is 15.2 Å². The average Bonchev–Trinajstić information content (AvgIpc) is 3.05. The maximum atomic E-state index is 12.1. The smallest absolute Gasteiger partial charge is 0.376 e. The van der Waals surface area contributed by atoms with Gasteiger partial charge in [0, 0.05) is 17.0 Å². The van der Waals surface area contributed by atoms with Gasteiger partial charge in [0.25, 0.3) is 0 Å². The number of ether oxygens (including phenoxy) is 1. The first-order chi connectivity index (χ1) is 13.8. The number of aliphatic hydroxyl groups is 1. The van der Waals surface area contributed by atoms with E-state index in [0.717, 1.165) is 52.9 Å². The fraction of sp³-hybridized carbons (Fsp3) is 0.682. The zero-order valence-electron chi connectivity index (χ0n) is 18.2. The third-order valence-electron chi connectivity index (χ3n) is 5.83. The van der Waals surface area contributed by atoms with E-state index in [-0.39, 0.29) is 17.2 Å². The lowest BCUT2D eigenvalue weighted by atomic mass is 9.70. The van der Waals surface area contributed by atoms with Gasteiger partial charge in [0.05, 0.1) is 18.6 Å². The van der Waals surface area contributed by atoms with Crippen molar-refractivity contribution in [3.63, 3.8) is 0 Å². The van der Waals surface area contributed by atoms with Crippen molar-refractivity contribution >= 4 is 33.3 Å². The Kier molecular flexibility index (Phi) is 6.79. The van der Waals surface area contributed by atoms with Gasteiger partial charge in [-0.25, -0.2) is 14.8 Å². The van der Waals surface area contributed by atoms with Crippen molar-refractivity contribution in [2.45, 2.75) is 72.3 Å². The third kappa shape index (κ3) is 4.56. The number of unbranched alkanes of at least 4 members (excludes halogenated alkanes) is 3. The van der Waals surface area contributed by atoms with Crippen LogP contribution in [-0.4, -0.2) is 34.7 Å². The monoisotopic (exact) mass is 419 g/mol. The lowest BCUT2D eigenvalue weighted by Crippen LogP contribution is -2.30. The van der Waals surface area contributed by atoms with Crippen LogP contribution in [0.4, 0.5) is 5.82 Å². The lowest BCUT2D eigenvalue weighted by Gasteiger charge is -2.38. The van der Waals surface area contributed by atoms with Crippen LogP contribution < -0.4 is 5.32 Å². The number of anilines is 1. The SMILES string of the molecule is CCCCCCNc1nc(C(=O)OC)nc2sc3c(c12)C(O)C(C(C)(C)C)CC3. The highest BCUT2D eigenvalue weighted by atomic mass is 32.1. The second-order valence-electron chi connectivity index (χ2n) is 8.95. The van der Waals surface area contributed by atoms with E-state index >= 15 is 0 Å². The molecule has 0 saturated carbocycles. The quantitative estimate of drug-likeness (QED) is 0.479. The summed E-state index contributed by atoms with van der Waals surface area (Å²) < 4.78 is 4.85. The number of aliphatic hydroxyl groups excluding tert-OH is 1. The van der Waals surface area contributed by atoms with E-state index in [1.54, 1.807) is 11.3 Å². The van der Waals surface area contributed by atoms with E-state index in [9.17, 15) is 9.90 Å². The van der Waals surface area contributed by atoms with Gasteiger partial charge in [-0.2, -0.15) is 0 Å². The molecule has 0 fully saturated rings. The molecular formula is C22H33N3O3S. The summed E-state index contributed by atoms with van der Waals surface area (Å²) >= 11 is 1.56. The summed E-state index contributed by atoms with van der Waals surface area (Å²) in [5.41, 5.74) is 0.954. The molecule has 160 valence electrons. The van der Waals surface area contributed by atoms with Crippen LogP contribution in [-0.2, 0) is 11.2 Å². The summed E-state index contributed by atoms with van der Waals surface area (Å²) in [6, 6.07) is 0. The fourth-order valence-corrected chi connectivity index (χ4v) is 5.41. The number of nitrogens with one attached hydrogen (secondary N) is 1. The molecule has 1 aliphatic carbocycles. The van der Waals surface area contributed by atoms with Crippen molar-refractivity contribution in [1.29, 1.82) is 0 Å². The van der Waals surface area contributed by atoms with Crippen LogP contribution in [0.3, 0.4) is 0 Å². The maximum Gasteiger partial charge on any atom is 0.376 e. The van der Waals surface area contributed by atoms with Crippen LogP contribution in [0.25, 0.3) is 10.2 Å². The number of hydrogen-bond donors (Lipinski definition) is 2. The molecule has 2 N–H and O–H groups in total. The number of fused-ring (bicyclic) bond motifs is 3. The molecule has 2 aromatic rings. The molecule has 0 radical (unpaired) electrons. The van der Waals surface area contributed by atoms with Crippen molar-refractivity contribution in [2.24, 2.45) is 11.3 Å². The van der Waals surface area contributed by atoms with Crippen molar-refractivity contribution in [2.75, 3.05) is 19.0 Å². The molecular weight excluding hydrogens is 386 g/mol. The van der Waals surface area contributed by atoms with E-state index in [1.165, 1.54) is 20.0 Å². The first-order valence-corrected chi connectivity index (χ1v) is 11.4. The van der Waals surface area contributed by atoms with Crippen molar-refractivity contribution in [3.05, 3.63) is 16.3 Å². The minimum Gasteiger partial charge on any atom is -0.463 e. The van der Waals surface area contributed by atoms with Crippen molar-refractivity contribution in [1.82, 2.24) is 9.97 Å². The van der Waals surface area contributed by atoms with E-state index in [1.807, 2.05) is 0 Å². The second-order valence-corrected chi connectivity index (χ2v) is 10.0. The van der Waals surface area contributed by atoms with Gasteiger partial charge in [0.2, 0.25) is 5.82 Å². The highest BCUT2D eigenvalue weighted by molar-refractivity contribution is 7.19. The number of aromatic nitrogens is 2. The van der Waals surface area contributed by atoms with Crippen LogP contribution in [0.1, 0.15) is 87.0 Å². The second kappa shape index (κ2) is 8.96. The van der Waals surface area contributed by atoms with E-state index in [4.69, 9.17) is 4.74 Å². The summed E-state index contributed by atoms with van der Waals surface area (Å²) in [5, 5.41) is 15.5. The fourth-order valence-electron chi connectivity index (χ4n) is 4.19. The van der Waals surface area contributed by atoms with Gasteiger partial charge in [-0.1, -0.05) is 47.0 Å². The highest BCUT2D eigenvalue weighted by Crippen LogP contribution is 2.50. The number of methoxy groups -OCH3 is 1. The Labute approximate surface area is 177 Å². The first-order valence-electron chi connectivity index (χ1n) is 10.6. The van der Waals surface area contributed by atoms with E-state index in [0.29, 0.717) is 5.82 Å². The number of rotatable bonds is 7. The number of esters is 1. The Morgan fingerprint density at radius 2 is 2.03 bits per heavy atom. The molecule has 2 heterocycles. The Morgan fingerprint density at radius 1 is 1.28 bits per heavy atom. The van der Waals surface area contributed by atoms with Crippen LogP contribution in [0.2, 0.25) is 0 Å². The Morgan fingerprint density at radius 3 is 2.69 bits per heavy atom. The number of carbonyl (C=O) groups excluding carboxylic acids is 1. The molecule has 0 bridgehead atoms. The minimum atomic E-state index is -0.555. The maximum absolute atomic E-state index is 12.1. The molecule has 29 heavy (non-hydrogen) atoms. The first kappa shape index (κ1) is 22.0.